The molecular formula is C8H7N3O3. The van der Waals surface area contributed by atoms with Crippen molar-refractivity contribution in [1.82, 2.24) is 15.2 Å². The zero-order valence-corrected chi connectivity index (χ0v) is 7.31. The highest BCUT2D eigenvalue weighted by atomic mass is 16.5. The zero-order chi connectivity index (χ0) is 10.1. The molecule has 0 spiro atoms. The molecule has 0 unspecified atom stereocenters. The van der Waals surface area contributed by atoms with E-state index in [9.17, 15) is 4.79 Å². The van der Waals surface area contributed by atoms with Crippen molar-refractivity contribution in [2.75, 3.05) is 7.11 Å². The van der Waals surface area contributed by atoms with E-state index in [1.54, 1.807) is 0 Å². The summed E-state index contributed by atoms with van der Waals surface area (Å²) in [6, 6.07) is 0. The molecule has 2 heterocycles. The van der Waals surface area contributed by atoms with Gasteiger partial charge < -0.3 is 9.84 Å². The molecule has 0 atom stereocenters. The van der Waals surface area contributed by atoms with Crippen molar-refractivity contribution >= 4 is 16.9 Å². The van der Waals surface area contributed by atoms with Crippen LogP contribution in [0.1, 0.15) is 10.4 Å². The average molecular weight is 193 g/mol. The largest absolute Gasteiger partial charge is 0.479 e. The summed E-state index contributed by atoms with van der Waals surface area (Å²) < 4.78 is 4.93. The van der Waals surface area contributed by atoms with Gasteiger partial charge >= 0.3 is 5.97 Å². The van der Waals surface area contributed by atoms with Crippen molar-refractivity contribution in [3.63, 3.8) is 0 Å². The number of nitrogens with one attached hydrogen (secondary N) is 1. The van der Waals surface area contributed by atoms with Crippen LogP contribution >= 0.6 is 0 Å². The second kappa shape index (κ2) is 2.99. The lowest BCUT2D eigenvalue weighted by atomic mass is 10.2. The van der Waals surface area contributed by atoms with Crippen LogP contribution in [0.2, 0.25) is 0 Å². The Morgan fingerprint density at radius 1 is 1.57 bits per heavy atom. The molecule has 0 fully saturated rings. The molecule has 0 aliphatic carbocycles. The summed E-state index contributed by atoms with van der Waals surface area (Å²) in [6.45, 7) is 0. The highest BCUT2D eigenvalue weighted by Crippen LogP contribution is 2.23. The van der Waals surface area contributed by atoms with Gasteiger partial charge in [-0.15, -0.1) is 5.10 Å². The zero-order valence-electron chi connectivity index (χ0n) is 7.31. The summed E-state index contributed by atoms with van der Waals surface area (Å²) in [7, 11) is 1.46. The van der Waals surface area contributed by atoms with Crippen molar-refractivity contribution in [2.45, 2.75) is 0 Å². The van der Waals surface area contributed by atoms with E-state index in [1.807, 2.05) is 0 Å². The van der Waals surface area contributed by atoms with Crippen LogP contribution in [0.4, 0.5) is 0 Å². The molecule has 2 aromatic heterocycles. The van der Waals surface area contributed by atoms with Crippen LogP contribution in [-0.2, 0) is 0 Å². The summed E-state index contributed by atoms with van der Waals surface area (Å²) in [5.74, 6) is -0.704. The lowest BCUT2D eigenvalue weighted by molar-refractivity contribution is 0.0698. The van der Waals surface area contributed by atoms with E-state index < -0.39 is 5.97 Å². The van der Waals surface area contributed by atoms with Crippen LogP contribution in [0.5, 0.6) is 5.88 Å². The van der Waals surface area contributed by atoms with Crippen LogP contribution in [0.15, 0.2) is 12.4 Å². The number of carboxylic acid groups (broad SMARTS) is 1. The lowest BCUT2D eigenvalue weighted by Gasteiger charge is -1.95. The minimum Gasteiger partial charge on any atom is -0.479 e. The van der Waals surface area contributed by atoms with Gasteiger partial charge in [-0.2, -0.15) is 0 Å². The number of rotatable bonds is 2. The van der Waals surface area contributed by atoms with Crippen molar-refractivity contribution in [3.8, 4) is 5.88 Å². The number of methoxy groups -OCH3 is 1. The van der Waals surface area contributed by atoms with Gasteiger partial charge in [0, 0.05) is 12.4 Å². The van der Waals surface area contributed by atoms with Crippen LogP contribution in [0, 0.1) is 0 Å². The third kappa shape index (κ3) is 1.08. The molecule has 14 heavy (non-hydrogen) atoms. The molecule has 2 N–H and O–H groups in total. The van der Waals surface area contributed by atoms with Crippen molar-refractivity contribution in [3.05, 3.63) is 18.0 Å². The average Bonchev–Trinajstić information content (AvgIpc) is 2.59. The van der Waals surface area contributed by atoms with Gasteiger partial charge in [0.2, 0.25) is 5.88 Å². The van der Waals surface area contributed by atoms with Crippen LogP contribution in [0.3, 0.4) is 0 Å². The van der Waals surface area contributed by atoms with Gasteiger partial charge in [-0.05, 0) is 0 Å². The minimum absolute atomic E-state index is 0.0818. The van der Waals surface area contributed by atoms with E-state index in [0.29, 0.717) is 16.8 Å². The molecule has 72 valence electrons. The molecule has 0 aromatic carbocycles. The molecule has 0 saturated heterocycles. The summed E-state index contributed by atoms with van der Waals surface area (Å²) in [5, 5.41) is 15.8. The number of carboxylic acids is 1. The van der Waals surface area contributed by atoms with Gasteiger partial charge in [-0.25, -0.2) is 4.79 Å². The van der Waals surface area contributed by atoms with E-state index in [2.05, 4.69) is 15.2 Å². The number of fused-ring (bicyclic) bond motifs is 1. The molecule has 6 nitrogen and oxygen atoms in total. The maximum atomic E-state index is 10.8. The van der Waals surface area contributed by atoms with E-state index in [0.717, 1.165) is 0 Å². The molecule has 0 saturated carbocycles. The summed E-state index contributed by atoms with van der Waals surface area (Å²) in [4.78, 5) is 14.6. The van der Waals surface area contributed by atoms with E-state index in [4.69, 9.17) is 9.84 Å². The molecule has 0 amide bonds. The van der Waals surface area contributed by atoms with Gasteiger partial charge in [0.1, 0.15) is 5.56 Å². The normalized spacial score (nSPS) is 10.4. The first kappa shape index (κ1) is 8.49. The van der Waals surface area contributed by atoms with E-state index >= 15 is 0 Å². The quantitative estimate of drug-likeness (QED) is 0.731. The van der Waals surface area contributed by atoms with Gasteiger partial charge in [-0.3, -0.25) is 10.1 Å². The number of ether oxygens (including phenoxy) is 1. The standard InChI is InChI=1S/C8H7N3O3/c1-14-7-4-2-9-3-5(8(12)13)6(4)10-11-7/h2-3H,1H3,(H,10,11)(H,12,13). The monoisotopic (exact) mass is 193 g/mol. The van der Waals surface area contributed by atoms with Crippen LogP contribution in [0.25, 0.3) is 10.9 Å². The molecule has 0 bridgehead atoms. The topological polar surface area (TPSA) is 88.1 Å². The number of aromatic amines is 1. The highest BCUT2D eigenvalue weighted by Gasteiger charge is 2.14. The Labute approximate surface area is 78.5 Å². The van der Waals surface area contributed by atoms with Gasteiger partial charge in [0.05, 0.1) is 18.0 Å². The van der Waals surface area contributed by atoms with Gasteiger partial charge in [0.25, 0.3) is 0 Å². The summed E-state index contributed by atoms with van der Waals surface area (Å²) in [6.07, 6.45) is 2.77. The molecule has 0 aliphatic heterocycles. The molecule has 0 aliphatic rings. The van der Waals surface area contributed by atoms with Crippen molar-refractivity contribution < 1.29 is 14.6 Å². The molecular weight excluding hydrogens is 186 g/mol. The Balaban J connectivity index is 2.76. The Morgan fingerprint density at radius 3 is 3.00 bits per heavy atom. The first-order valence-electron chi connectivity index (χ1n) is 3.83. The molecule has 6 heteroatoms. The lowest BCUT2D eigenvalue weighted by Crippen LogP contribution is -1.98. The first-order chi connectivity index (χ1) is 6.74. The number of carbonyl (C=O) groups is 1. The Hall–Kier alpha value is -2.11. The summed E-state index contributed by atoms with van der Waals surface area (Å²) >= 11 is 0. The smallest absolute Gasteiger partial charge is 0.339 e. The number of aromatic carboxylic acids is 1. The first-order valence-corrected chi connectivity index (χ1v) is 3.83. The van der Waals surface area contributed by atoms with E-state index in [-0.39, 0.29) is 5.56 Å². The fraction of sp³-hybridized carbons (Fsp3) is 0.125. The maximum Gasteiger partial charge on any atom is 0.339 e. The van der Waals surface area contributed by atoms with Crippen molar-refractivity contribution in [1.29, 1.82) is 0 Å². The van der Waals surface area contributed by atoms with Crippen LogP contribution in [-0.4, -0.2) is 33.4 Å². The fourth-order valence-electron chi connectivity index (χ4n) is 1.23. The second-order valence-corrected chi connectivity index (χ2v) is 2.65. The SMILES string of the molecule is COc1n[nH]c2c(C(=O)O)cncc12. The molecule has 2 aromatic rings. The Morgan fingerprint density at radius 2 is 2.36 bits per heavy atom. The number of nitrogens with zero attached hydrogens (tertiary/aromatic N) is 2. The van der Waals surface area contributed by atoms with Crippen LogP contribution < -0.4 is 4.74 Å². The number of aromatic nitrogens is 3. The third-order valence-electron chi connectivity index (χ3n) is 1.87. The van der Waals surface area contributed by atoms with Gasteiger partial charge in [-0.1, -0.05) is 0 Å². The van der Waals surface area contributed by atoms with Gasteiger partial charge in [0.15, 0.2) is 0 Å². The van der Waals surface area contributed by atoms with E-state index in [1.165, 1.54) is 19.5 Å². The van der Waals surface area contributed by atoms with Crippen molar-refractivity contribution in [2.24, 2.45) is 0 Å². The Kier molecular flexibility index (Phi) is 1.81. The predicted molar refractivity (Wildman–Crippen MR) is 47.4 cm³/mol. The number of hydrogen-bond acceptors (Lipinski definition) is 4. The number of pyridine rings is 1. The predicted octanol–water partition coefficient (Wildman–Crippen LogP) is 0.665. The third-order valence-corrected chi connectivity index (χ3v) is 1.87. The number of H-pyrrole nitrogens is 1. The number of hydrogen-bond donors (Lipinski definition) is 2. The summed E-state index contributed by atoms with van der Waals surface area (Å²) in [5.41, 5.74) is 0.502. The maximum absolute atomic E-state index is 10.8. The Bertz CT molecular complexity index is 492. The molecule has 0 radical (unpaired) electrons. The fourth-order valence-corrected chi connectivity index (χ4v) is 1.23. The molecule has 2 rings (SSSR count). The highest BCUT2D eigenvalue weighted by molar-refractivity contribution is 6.02. The minimum atomic E-state index is -1.05. The second-order valence-electron chi connectivity index (χ2n) is 2.65.